The van der Waals surface area contributed by atoms with Crippen molar-refractivity contribution in [2.45, 2.75) is 59.8 Å². The van der Waals surface area contributed by atoms with Crippen LogP contribution in [-0.2, 0) is 0 Å². The first-order valence-corrected chi connectivity index (χ1v) is 5.68. The van der Waals surface area contributed by atoms with Crippen LogP contribution >= 0.6 is 11.6 Å². The molecule has 0 aliphatic carbocycles. The summed E-state index contributed by atoms with van der Waals surface area (Å²) in [6.45, 7) is 15.7. The highest BCUT2D eigenvalue weighted by molar-refractivity contribution is 6.24. The van der Waals surface area contributed by atoms with Crippen molar-refractivity contribution in [3.05, 3.63) is 0 Å². The topological polar surface area (TPSA) is 0 Å². The molecule has 0 heterocycles. The van der Waals surface area contributed by atoms with Gasteiger partial charge in [0.05, 0.1) is 0 Å². The molecule has 0 aromatic heterocycles. The second kappa shape index (κ2) is 4.21. The molecule has 80 valence electrons. The summed E-state index contributed by atoms with van der Waals surface area (Å²) in [5.41, 5.74) is 0.193. The Balaban J connectivity index is 4.60. The maximum atomic E-state index is 6.62. The quantitative estimate of drug-likeness (QED) is 0.582. The molecule has 0 fully saturated rings. The molecule has 0 aliphatic heterocycles. The van der Waals surface area contributed by atoms with Crippen molar-refractivity contribution in [3.63, 3.8) is 0 Å². The van der Waals surface area contributed by atoms with Gasteiger partial charge in [0, 0.05) is 4.87 Å². The van der Waals surface area contributed by atoms with Gasteiger partial charge < -0.3 is 0 Å². The van der Waals surface area contributed by atoms with Gasteiger partial charge in [-0.1, -0.05) is 41.5 Å². The summed E-state index contributed by atoms with van der Waals surface area (Å²) >= 11 is 6.62. The molecule has 0 saturated carbocycles. The summed E-state index contributed by atoms with van der Waals surface area (Å²) in [6, 6.07) is 0. The molecule has 13 heavy (non-hydrogen) atoms. The Labute approximate surface area is 89.1 Å². The van der Waals surface area contributed by atoms with Crippen LogP contribution in [0.25, 0.3) is 0 Å². The van der Waals surface area contributed by atoms with Gasteiger partial charge in [0.2, 0.25) is 0 Å². The van der Waals surface area contributed by atoms with E-state index in [9.17, 15) is 0 Å². The fourth-order valence-electron chi connectivity index (χ4n) is 1.63. The fourth-order valence-corrected chi connectivity index (χ4v) is 2.16. The van der Waals surface area contributed by atoms with E-state index in [1.54, 1.807) is 0 Å². The van der Waals surface area contributed by atoms with E-state index in [0.29, 0.717) is 11.8 Å². The second-order valence-corrected chi connectivity index (χ2v) is 6.51. The van der Waals surface area contributed by atoms with Crippen LogP contribution in [0.3, 0.4) is 0 Å². The average molecular weight is 205 g/mol. The van der Waals surface area contributed by atoms with Crippen molar-refractivity contribution >= 4 is 11.6 Å². The van der Waals surface area contributed by atoms with Gasteiger partial charge in [0.15, 0.2) is 0 Å². The number of hydrogen-bond acceptors (Lipinski definition) is 0. The lowest BCUT2D eigenvalue weighted by Gasteiger charge is -2.44. The Morgan fingerprint density at radius 2 is 1.38 bits per heavy atom. The van der Waals surface area contributed by atoms with Gasteiger partial charge in [-0.05, 0) is 30.6 Å². The van der Waals surface area contributed by atoms with E-state index in [-0.39, 0.29) is 10.3 Å². The molecule has 0 bridgehead atoms. The largest absolute Gasteiger partial charge is 0.119 e. The highest BCUT2D eigenvalue weighted by Gasteiger charge is 2.41. The molecule has 0 aromatic rings. The minimum Gasteiger partial charge on any atom is -0.119 e. The predicted octanol–water partition coefficient (Wildman–Crippen LogP) is 4.71. The molecule has 0 rings (SSSR count). The molecule has 0 amide bonds. The van der Waals surface area contributed by atoms with Crippen LogP contribution in [0, 0.1) is 17.3 Å². The first-order chi connectivity index (χ1) is 5.61. The molecule has 0 aliphatic rings. The standard InChI is InChI=1S/C12H25Cl/c1-9(2)8-12(7,13)11(5,6)10(3)4/h9-10H,8H2,1-7H3. The van der Waals surface area contributed by atoms with E-state index >= 15 is 0 Å². The molecule has 0 spiro atoms. The molecule has 1 heteroatoms. The Morgan fingerprint density at radius 3 is 1.62 bits per heavy atom. The molecule has 1 unspecified atom stereocenters. The van der Waals surface area contributed by atoms with Crippen LogP contribution < -0.4 is 0 Å². The van der Waals surface area contributed by atoms with Crippen molar-refractivity contribution in [1.29, 1.82) is 0 Å². The lowest BCUT2D eigenvalue weighted by molar-refractivity contribution is 0.154. The van der Waals surface area contributed by atoms with Gasteiger partial charge in [-0.25, -0.2) is 0 Å². The van der Waals surface area contributed by atoms with Gasteiger partial charge in [0.25, 0.3) is 0 Å². The van der Waals surface area contributed by atoms with Crippen LogP contribution in [0.15, 0.2) is 0 Å². The number of rotatable bonds is 4. The lowest BCUT2D eigenvalue weighted by Crippen LogP contribution is -2.41. The highest BCUT2D eigenvalue weighted by atomic mass is 35.5. The summed E-state index contributed by atoms with van der Waals surface area (Å²) in [5, 5.41) is 0. The first kappa shape index (κ1) is 13.3. The van der Waals surface area contributed by atoms with Gasteiger partial charge in [-0.2, -0.15) is 0 Å². The average Bonchev–Trinajstić information content (AvgIpc) is 1.83. The van der Waals surface area contributed by atoms with Gasteiger partial charge in [-0.15, -0.1) is 11.6 Å². The van der Waals surface area contributed by atoms with E-state index in [2.05, 4.69) is 48.5 Å². The summed E-state index contributed by atoms with van der Waals surface area (Å²) in [5.74, 6) is 1.29. The monoisotopic (exact) mass is 204 g/mol. The smallest absolute Gasteiger partial charge is 0.0474 e. The number of alkyl halides is 1. The van der Waals surface area contributed by atoms with Crippen molar-refractivity contribution in [3.8, 4) is 0 Å². The molecule has 0 aromatic carbocycles. The number of halogens is 1. The van der Waals surface area contributed by atoms with Crippen LogP contribution in [0.1, 0.15) is 54.9 Å². The minimum absolute atomic E-state index is 0.0880. The van der Waals surface area contributed by atoms with Gasteiger partial charge in [0.1, 0.15) is 0 Å². The lowest BCUT2D eigenvalue weighted by atomic mass is 9.68. The fraction of sp³-hybridized carbons (Fsp3) is 1.00. The van der Waals surface area contributed by atoms with E-state index in [1.165, 1.54) is 0 Å². The molecule has 0 radical (unpaired) electrons. The highest BCUT2D eigenvalue weighted by Crippen LogP contribution is 2.46. The zero-order chi connectivity index (χ0) is 10.9. The SMILES string of the molecule is CC(C)CC(C)(Cl)C(C)(C)C(C)C. The minimum atomic E-state index is -0.0880. The maximum absolute atomic E-state index is 6.62. The van der Waals surface area contributed by atoms with Crippen LogP contribution in [0.5, 0.6) is 0 Å². The normalized spacial score (nSPS) is 18.0. The molecule has 0 nitrogen and oxygen atoms in total. The van der Waals surface area contributed by atoms with Crippen molar-refractivity contribution < 1.29 is 0 Å². The Morgan fingerprint density at radius 1 is 1.00 bits per heavy atom. The Kier molecular flexibility index (Phi) is 4.30. The third kappa shape index (κ3) is 3.16. The van der Waals surface area contributed by atoms with Crippen molar-refractivity contribution in [1.82, 2.24) is 0 Å². The summed E-state index contributed by atoms with van der Waals surface area (Å²) in [6.07, 6.45) is 1.08. The van der Waals surface area contributed by atoms with Crippen LogP contribution in [0.2, 0.25) is 0 Å². The Bertz CT molecular complexity index is 155. The van der Waals surface area contributed by atoms with E-state index in [0.717, 1.165) is 6.42 Å². The summed E-state index contributed by atoms with van der Waals surface area (Å²) < 4.78 is 0. The van der Waals surface area contributed by atoms with E-state index in [4.69, 9.17) is 11.6 Å². The van der Waals surface area contributed by atoms with Gasteiger partial charge >= 0.3 is 0 Å². The van der Waals surface area contributed by atoms with Crippen LogP contribution in [-0.4, -0.2) is 4.87 Å². The molecule has 1 atom stereocenters. The zero-order valence-corrected chi connectivity index (χ0v) is 11.0. The summed E-state index contributed by atoms with van der Waals surface area (Å²) in [4.78, 5) is -0.0880. The summed E-state index contributed by atoms with van der Waals surface area (Å²) in [7, 11) is 0. The third-order valence-corrected chi connectivity index (χ3v) is 4.22. The van der Waals surface area contributed by atoms with Crippen molar-refractivity contribution in [2.75, 3.05) is 0 Å². The van der Waals surface area contributed by atoms with E-state index in [1.807, 2.05) is 0 Å². The molecular weight excluding hydrogens is 180 g/mol. The first-order valence-electron chi connectivity index (χ1n) is 5.30. The van der Waals surface area contributed by atoms with Gasteiger partial charge in [-0.3, -0.25) is 0 Å². The van der Waals surface area contributed by atoms with Crippen LogP contribution in [0.4, 0.5) is 0 Å². The number of hydrogen-bond donors (Lipinski definition) is 0. The third-order valence-electron chi connectivity index (χ3n) is 3.58. The van der Waals surface area contributed by atoms with Crippen molar-refractivity contribution in [2.24, 2.45) is 17.3 Å². The zero-order valence-electron chi connectivity index (χ0n) is 10.2. The Hall–Kier alpha value is 0.290. The molecule has 0 N–H and O–H groups in total. The van der Waals surface area contributed by atoms with E-state index < -0.39 is 0 Å². The molecular formula is C12H25Cl. The molecule has 0 saturated heterocycles. The second-order valence-electron chi connectivity index (χ2n) is 5.67. The predicted molar refractivity (Wildman–Crippen MR) is 62.3 cm³/mol. The maximum Gasteiger partial charge on any atom is 0.0474 e.